The molecule has 3 aromatic rings. The number of carbonyl (C=O) groups excluding carboxylic acids is 1. The second-order valence-corrected chi connectivity index (χ2v) is 6.40. The van der Waals surface area contributed by atoms with E-state index in [9.17, 15) is 4.79 Å². The number of hydrogen-bond acceptors (Lipinski definition) is 6. The maximum atomic E-state index is 12.6. The number of amides is 1. The Labute approximate surface area is 169 Å². The fourth-order valence-corrected chi connectivity index (χ4v) is 2.62. The Morgan fingerprint density at radius 3 is 2.48 bits per heavy atom. The smallest absolute Gasteiger partial charge is 0.261 e. The summed E-state index contributed by atoms with van der Waals surface area (Å²) in [6.07, 6.45) is 1.64. The second-order valence-electron chi connectivity index (χ2n) is 6.40. The van der Waals surface area contributed by atoms with Crippen LogP contribution in [0.4, 0.5) is 0 Å². The van der Waals surface area contributed by atoms with E-state index in [1.54, 1.807) is 42.4 Å². The van der Waals surface area contributed by atoms with Crippen molar-refractivity contribution in [1.29, 1.82) is 0 Å². The molecule has 0 aliphatic rings. The van der Waals surface area contributed by atoms with Crippen molar-refractivity contribution in [2.24, 2.45) is 0 Å². The maximum absolute atomic E-state index is 12.6. The van der Waals surface area contributed by atoms with Crippen molar-refractivity contribution in [3.05, 3.63) is 72.6 Å². The van der Waals surface area contributed by atoms with E-state index in [-0.39, 0.29) is 19.1 Å². The largest absolute Gasteiger partial charge is 0.497 e. The Morgan fingerprint density at radius 2 is 1.83 bits per heavy atom. The number of carbonyl (C=O) groups is 1. The number of rotatable bonds is 9. The summed E-state index contributed by atoms with van der Waals surface area (Å²) in [5.74, 6) is 1.92. The molecule has 0 spiro atoms. The van der Waals surface area contributed by atoms with E-state index in [4.69, 9.17) is 14.0 Å². The van der Waals surface area contributed by atoms with E-state index < -0.39 is 0 Å². The SMILES string of the molecule is C=CCN(Cc1nc(-c2ccc(C)cc2)no1)C(=O)COc1ccc(OC)cc1. The first kappa shape index (κ1) is 20.1. The van der Waals surface area contributed by atoms with Gasteiger partial charge in [0.1, 0.15) is 18.0 Å². The van der Waals surface area contributed by atoms with Gasteiger partial charge < -0.3 is 18.9 Å². The molecule has 7 nitrogen and oxygen atoms in total. The van der Waals surface area contributed by atoms with Crippen LogP contribution in [0.15, 0.2) is 65.7 Å². The number of nitrogens with zero attached hydrogens (tertiary/aromatic N) is 3. The molecule has 0 saturated carbocycles. The van der Waals surface area contributed by atoms with Crippen LogP contribution in [-0.2, 0) is 11.3 Å². The molecule has 29 heavy (non-hydrogen) atoms. The van der Waals surface area contributed by atoms with Crippen molar-refractivity contribution in [2.45, 2.75) is 13.5 Å². The van der Waals surface area contributed by atoms with Crippen LogP contribution in [0.25, 0.3) is 11.4 Å². The first-order valence-electron chi connectivity index (χ1n) is 9.14. The molecule has 1 heterocycles. The first-order valence-corrected chi connectivity index (χ1v) is 9.14. The molecule has 1 amide bonds. The molecule has 0 unspecified atom stereocenters. The zero-order valence-corrected chi connectivity index (χ0v) is 16.5. The number of methoxy groups -OCH3 is 1. The van der Waals surface area contributed by atoms with Crippen molar-refractivity contribution >= 4 is 5.91 Å². The maximum Gasteiger partial charge on any atom is 0.261 e. The van der Waals surface area contributed by atoms with E-state index in [0.29, 0.717) is 24.0 Å². The van der Waals surface area contributed by atoms with Crippen LogP contribution in [0.3, 0.4) is 0 Å². The van der Waals surface area contributed by atoms with E-state index in [0.717, 1.165) is 16.9 Å². The molecule has 0 bridgehead atoms. The molecule has 0 radical (unpaired) electrons. The number of aromatic nitrogens is 2. The van der Waals surface area contributed by atoms with Gasteiger partial charge in [-0.2, -0.15) is 4.98 Å². The van der Waals surface area contributed by atoms with Gasteiger partial charge in [-0.3, -0.25) is 4.79 Å². The molecule has 3 rings (SSSR count). The Morgan fingerprint density at radius 1 is 1.14 bits per heavy atom. The van der Waals surface area contributed by atoms with Gasteiger partial charge in [-0.1, -0.05) is 41.1 Å². The van der Waals surface area contributed by atoms with Crippen LogP contribution >= 0.6 is 0 Å². The van der Waals surface area contributed by atoms with Gasteiger partial charge in [0.15, 0.2) is 6.61 Å². The standard InChI is InChI=1S/C22H23N3O4/c1-4-13-25(21(26)15-28-19-11-9-18(27-3)10-12-19)14-20-23-22(24-29-20)17-7-5-16(2)6-8-17/h4-12H,1,13-15H2,2-3H3. The van der Waals surface area contributed by atoms with E-state index in [1.165, 1.54) is 0 Å². The van der Waals surface area contributed by atoms with Crippen LogP contribution in [0, 0.1) is 6.92 Å². The number of ether oxygens (including phenoxy) is 2. The summed E-state index contributed by atoms with van der Waals surface area (Å²) in [6, 6.07) is 14.9. The highest BCUT2D eigenvalue weighted by molar-refractivity contribution is 5.77. The van der Waals surface area contributed by atoms with Crippen LogP contribution in [-0.4, -0.2) is 41.2 Å². The minimum absolute atomic E-state index is 0.112. The number of aryl methyl sites for hydroxylation is 1. The van der Waals surface area contributed by atoms with Gasteiger partial charge in [0.2, 0.25) is 11.7 Å². The molecule has 0 saturated heterocycles. The highest BCUT2D eigenvalue weighted by Gasteiger charge is 2.18. The summed E-state index contributed by atoms with van der Waals surface area (Å²) >= 11 is 0. The van der Waals surface area contributed by atoms with Crippen LogP contribution in [0.5, 0.6) is 11.5 Å². The zero-order chi connectivity index (χ0) is 20.6. The van der Waals surface area contributed by atoms with E-state index >= 15 is 0 Å². The average molecular weight is 393 g/mol. The molecule has 150 valence electrons. The Bertz CT molecular complexity index is 949. The van der Waals surface area contributed by atoms with Crippen molar-refractivity contribution in [3.8, 4) is 22.9 Å². The average Bonchev–Trinajstić information content (AvgIpc) is 3.21. The quantitative estimate of drug-likeness (QED) is 0.517. The first-order chi connectivity index (χ1) is 14.1. The lowest BCUT2D eigenvalue weighted by Gasteiger charge is -2.19. The number of hydrogen-bond donors (Lipinski definition) is 0. The topological polar surface area (TPSA) is 77.7 Å². The van der Waals surface area contributed by atoms with Crippen molar-refractivity contribution < 1.29 is 18.8 Å². The van der Waals surface area contributed by atoms with Crippen LogP contribution < -0.4 is 9.47 Å². The molecule has 1 aromatic heterocycles. The second kappa shape index (κ2) is 9.54. The molecule has 0 aliphatic carbocycles. The summed E-state index contributed by atoms with van der Waals surface area (Å²) in [4.78, 5) is 18.5. The Hall–Kier alpha value is -3.61. The van der Waals surface area contributed by atoms with Crippen LogP contribution in [0.2, 0.25) is 0 Å². The molecule has 0 fully saturated rings. The van der Waals surface area contributed by atoms with E-state index in [1.807, 2.05) is 31.2 Å². The number of benzene rings is 2. The third-order valence-electron chi connectivity index (χ3n) is 4.23. The van der Waals surface area contributed by atoms with Crippen molar-refractivity contribution in [1.82, 2.24) is 15.0 Å². The van der Waals surface area contributed by atoms with Crippen molar-refractivity contribution in [2.75, 3.05) is 20.3 Å². The van der Waals surface area contributed by atoms with Gasteiger partial charge in [0.25, 0.3) is 5.91 Å². The molecule has 2 aromatic carbocycles. The summed E-state index contributed by atoms with van der Waals surface area (Å²) in [7, 11) is 1.59. The molecular weight excluding hydrogens is 370 g/mol. The lowest BCUT2D eigenvalue weighted by molar-refractivity contribution is -0.133. The molecule has 0 atom stereocenters. The van der Waals surface area contributed by atoms with Gasteiger partial charge in [-0.05, 0) is 31.2 Å². The Balaban J connectivity index is 1.62. The molecule has 0 aliphatic heterocycles. The third kappa shape index (κ3) is 5.44. The normalized spacial score (nSPS) is 10.4. The van der Waals surface area contributed by atoms with Gasteiger partial charge >= 0.3 is 0 Å². The summed E-state index contributed by atoms with van der Waals surface area (Å²) < 4.78 is 16.0. The summed E-state index contributed by atoms with van der Waals surface area (Å²) in [6.45, 7) is 6.12. The predicted molar refractivity (Wildman–Crippen MR) is 109 cm³/mol. The molecule has 7 heteroatoms. The lowest BCUT2D eigenvalue weighted by atomic mass is 10.1. The van der Waals surface area contributed by atoms with E-state index in [2.05, 4.69) is 16.7 Å². The Kier molecular flexibility index (Phi) is 6.63. The fraction of sp³-hybridized carbons (Fsp3) is 0.227. The zero-order valence-electron chi connectivity index (χ0n) is 16.5. The monoisotopic (exact) mass is 393 g/mol. The highest BCUT2D eigenvalue weighted by Crippen LogP contribution is 2.18. The summed E-state index contributed by atoms with van der Waals surface area (Å²) in [5, 5.41) is 4.01. The summed E-state index contributed by atoms with van der Waals surface area (Å²) in [5.41, 5.74) is 2.01. The van der Waals surface area contributed by atoms with Gasteiger partial charge in [0, 0.05) is 12.1 Å². The predicted octanol–water partition coefficient (Wildman–Crippen LogP) is 3.65. The van der Waals surface area contributed by atoms with Gasteiger partial charge in [-0.15, -0.1) is 6.58 Å². The van der Waals surface area contributed by atoms with Crippen LogP contribution in [0.1, 0.15) is 11.5 Å². The minimum atomic E-state index is -0.212. The fourth-order valence-electron chi connectivity index (χ4n) is 2.62. The molecule has 0 N–H and O–H groups in total. The third-order valence-corrected chi connectivity index (χ3v) is 4.23. The lowest BCUT2D eigenvalue weighted by Crippen LogP contribution is -2.34. The van der Waals surface area contributed by atoms with Crippen molar-refractivity contribution in [3.63, 3.8) is 0 Å². The minimum Gasteiger partial charge on any atom is -0.497 e. The van der Waals surface area contributed by atoms with Gasteiger partial charge in [0.05, 0.1) is 7.11 Å². The molecular formula is C22H23N3O4. The van der Waals surface area contributed by atoms with Gasteiger partial charge in [-0.25, -0.2) is 0 Å². The highest BCUT2D eigenvalue weighted by atomic mass is 16.5.